The zero-order valence-corrected chi connectivity index (χ0v) is 16.9. The number of nitrogens with zero attached hydrogens (tertiary/aromatic N) is 2. The molecule has 0 spiro atoms. The third-order valence-corrected chi connectivity index (χ3v) is 5.30. The number of H-pyrrole nitrogens is 1. The highest BCUT2D eigenvalue weighted by Crippen LogP contribution is 2.29. The summed E-state index contributed by atoms with van der Waals surface area (Å²) in [4.78, 5) is 24.8. The number of carbonyl (C=O) groups is 1. The monoisotopic (exact) mass is 408 g/mol. The highest BCUT2D eigenvalue weighted by atomic mass is 16.5. The quantitative estimate of drug-likeness (QED) is 0.441. The number of pyridine rings is 1. The van der Waals surface area contributed by atoms with E-state index in [1.165, 1.54) is 0 Å². The van der Waals surface area contributed by atoms with E-state index < -0.39 is 0 Å². The number of aromatic amines is 1. The molecular formula is C25H20N4O2. The van der Waals surface area contributed by atoms with Crippen LogP contribution in [0.25, 0.3) is 32.9 Å². The summed E-state index contributed by atoms with van der Waals surface area (Å²) in [6.45, 7) is 0.378. The Kier molecular flexibility index (Phi) is 4.80. The van der Waals surface area contributed by atoms with Crippen LogP contribution in [0.4, 0.5) is 0 Å². The number of benzene rings is 3. The van der Waals surface area contributed by atoms with Crippen molar-refractivity contribution < 1.29 is 9.53 Å². The molecule has 0 saturated heterocycles. The first-order valence-electron chi connectivity index (χ1n) is 9.95. The van der Waals surface area contributed by atoms with Gasteiger partial charge in [-0.3, -0.25) is 4.79 Å². The molecule has 0 aliphatic carbocycles. The molecule has 0 aliphatic heterocycles. The van der Waals surface area contributed by atoms with Gasteiger partial charge < -0.3 is 15.0 Å². The minimum absolute atomic E-state index is 0.153. The lowest BCUT2D eigenvalue weighted by atomic mass is 10.0. The van der Waals surface area contributed by atoms with E-state index in [0.717, 1.165) is 44.4 Å². The van der Waals surface area contributed by atoms with Crippen molar-refractivity contribution >= 4 is 27.6 Å². The van der Waals surface area contributed by atoms with Gasteiger partial charge in [-0.1, -0.05) is 36.4 Å². The molecule has 0 fully saturated rings. The van der Waals surface area contributed by atoms with Crippen LogP contribution >= 0.6 is 0 Å². The number of aromatic nitrogens is 3. The van der Waals surface area contributed by atoms with Crippen molar-refractivity contribution in [3.8, 4) is 17.0 Å². The summed E-state index contributed by atoms with van der Waals surface area (Å²) in [7, 11) is 1.66. The molecule has 0 atom stereocenters. The van der Waals surface area contributed by atoms with Crippen molar-refractivity contribution in [1.29, 1.82) is 0 Å². The molecule has 0 aliphatic rings. The molecule has 1 amide bonds. The molecule has 0 bridgehead atoms. The third-order valence-electron chi connectivity index (χ3n) is 5.30. The number of methoxy groups -OCH3 is 1. The van der Waals surface area contributed by atoms with Gasteiger partial charge in [0.05, 0.1) is 42.4 Å². The Bertz CT molecular complexity index is 1390. The van der Waals surface area contributed by atoms with Crippen LogP contribution in [0.1, 0.15) is 16.1 Å². The molecule has 152 valence electrons. The van der Waals surface area contributed by atoms with Gasteiger partial charge in [0.25, 0.3) is 5.91 Å². The minimum atomic E-state index is -0.153. The Morgan fingerprint density at radius 2 is 1.87 bits per heavy atom. The van der Waals surface area contributed by atoms with Gasteiger partial charge in [-0.05, 0) is 41.1 Å². The standard InChI is InChI=1S/C25H20N4O2/c1-31-20-9-8-16-10-18(7-6-17(16)11-20)24-12-22(21-4-2-3-5-23(21)29-24)25(30)27-14-19-13-26-15-28-19/h2-13,15H,14H2,1H3,(H,26,28)(H,27,30). The van der Waals surface area contributed by atoms with Crippen molar-refractivity contribution in [2.45, 2.75) is 6.54 Å². The van der Waals surface area contributed by atoms with Gasteiger partial charge in [0.1, 0.15) is 5.75 Å². The number of hydrogen-bond donors (Lipinski definition) is 2. The lowest BCUT2D eigenvalue weighted by Gasteiger charge is -2.11. The Morgan fingerprint density at radius 3 is 2.71 bits per heavy atom. The van der Waals surface area contributed by atoms with Crippen LogP contribution in [0.3, 0.4) is 0 Å². The van der Waals surface area contributed by atoms with Gasteiger partial charge in [-0.2, -0.15) is 0 Å². The Morgan fingerprint density at radius 1 is 1.03 bits per heavy atom. The van der Waals surface area contributed by atoms with E-state index in [-0.39, 0.29) is 5.91 Å². The average Bonchev–Trinajstić information content (AvgIpc) is 3.35. The van der Waals surface area contributed by atoms with Gasteiger partial charge in [0.2, 0.25) is 0 Å². The van der Waals surface area contributed by atoms with Crippen LogP contribution in [0, 0.1) is 0 Å². The van der Waals surface area contributed by atoms with E-state index in [1.807, 2.05) is 60.7 Å². The number of amides is 1. The molecule has 2 aromatic heterocycles. The lowest BCUT2D eigenvalue weighted by molar-refractivity contribution is 0.0952. The lowest BCUT2D eigenvalue weighted by Crippen LogP contribution is -2.23. The maximum atomic E-state index is 13.0. The van der Waals surface area contributed by atoms with Gasteiger partial charge in [0.15, 0.2) is 0 Å². The number of rotatable bonds is 5. The molecule has 5 aromatic rings. The van der Waals surface area contributed by atoms with Crippen LogP contribution < -0.4 is 10.1 Å². The summed E-state index contributed by atoms with van der Waals surface area (Å²) in [5, 5.41) is 5.95. The number of fused-ring (bicyclic) bond motifs is 2. The first kappa shape index (κ1) is 18.8. The Hall–Kier alpha value is -4.19. The predicted octanol–water partition coefficient (Wildman–Crippen LogP) is 4.72. The van der Waals surface area contributed by atoms with Crippen molar-refractivity contribution in [2.75, 3.05) is 7.11 Å². The SMILES string of the molecule is COc1ccc2cc(-c3cc(C(=O)NCc4cnc[nH]4)c4ccccc4n3)ccc2c1. The second kappa shape index (κ2) is 7.91. The topological polar surface area (TPSA) is 79.9 Å². The fourth-order valence-electron chi connectivity index (χ4n) is 3.67. The predicted molar refractivity (Wildman–Crippen MR) is 121 cm³/mol. The Labute approximate surface area is 178 Å². The maximum Gasteiger partial charge on any atom is 0.252 e. The fraction of sp³-hybridized carbons (Fsp3) is 0.0800. The van der Waals surface area contributed by atoms with Crippen LogP contribution in [0.15, 0.2) is 79.3 Å². The number of nitrogens with one attached hydrogen (secondary N) is 2. The second-order valence-electron chi connectivity index (χ2n) is 7.26. The van der Waals surface area contributed by atoms with Crippen molar-refractivity contribution in [3.05, 3.63) is 90.5 Å². The zero-order chi connectivity index (χ0) is 21.2. The summed E-state index contributed by atoms with van der Waals surface area (Å²) in [5.41, 5.74) is 3.92. The summed E-state index contributed by atoms with van der Waals surface area (Å²) < 4.78 is 5.31. The summed E-state index contributed by atoms with van der Waals surface area (Å²) >= 11 is 0. The van der Waals surface area contributed by atoms with Crippen LogP contribution in [-0.2, 0) is 6.54 Å². The van der Waals surface area contributed by atoms with E-state index in [2.05, 4.69) is 21.4 Å². The van der Waals surface area contributed by atoms with Gasteiger partial charge in [-0.25, -0.2) is 9.97 Å². The highest BCUT2D eigenvalue weighted by molar-refractivity contribution is 6.07. The largest absolute Gasteiger partial charge is 0.497 e. The molecule has 3 aromatic carbocycles. The number of ether oxygens (including phenoxy) is 1. The van der Waals surface area contributed by atoms with E-state index in [1.54, 1.807) is 19.6 Å². The molecule has 6 heteroatoms. The molecule has 0 saturated carbocycles. The molecule has 5 rings (SSSR count). The third kappa shape index (κ3) is 3.71. The number of para-hydroxylation sites is 1. The summed E-state index contributed by atoms with van der Waals surface area (Å²) in [6.07, 6.45) is 3.29. The molecule has 31 heavy (non-hydrogen) atoms. The van der Waals surface area contributed by atoms with Crippen LogP contribution in [-0.4, -0.2) is 28.0 Å². The van der Waals surface area contributed by atoms with Crippen LogP contribution in [0.2, 0.25) is 0 Å². The minimum Gasteiger partial charge on any atom is -0.497 e. The molecule has 0 unspecified atom stereocenters. The van der Waals surface area contributed by atoms with E-state index >= 15 is 0 Å². The van der Waals surface area contributed by atoms with E-state index in [0.29, 0.717) is 12.1 Å². The fourth-order valence-corrected chi connectivity index (χ4v) is 3.67. The van der Waals surface area contributed by atoms with Crippen LogP contribution in [0.5, 0.6) is 5.75 Å². The van der Waals surface area contributed by atoms with Crippen molar-refractivity contribution in [2.24, 2.45) is 0 Å². The number of imidazole rings is 1. The number of hydrogen-bond acceptors (Lipinski definition) is 4. The first-order chi connectivity index (χ1) is 15.2. The smallest absolute Gasteiger partial charge is 0.252 e. The molecule has 6 nitrogen and oxygen atoms in total. The average molecular weight is 408 g/mol. The van der Waals surface area contributed by atoms with Gasteiger partial charge in [-0.15, -0.1) is 0 Å². The molecule has 0 radical (unpaired) electrons. The zero-order valence-electron chi connectivity index (χ0n) is 16.9. The molecular weight excluding hydrogens is 388 g/mol. The van der Waals surface area contributed by atoms with Crippen molar-refractivity contribution in [3.63, 3.8) is 0 Å². The molecule has 2 heterocycles. The normalized spacial score (nSPS) is 11.0. The maximum absolute atomic E-state index is 13.0. The second-order valence-corrected chi connectivity index (χ2v) is 7.26. The summed E-state index contributed by atoms with van der Waals surface area (Å²) in [6, 6.07) is 21.7. The van der Waals surface area contributed by atoms with Crippen molar-refractivity contribution in [1.82, 2.24) is 20.3 Å². The van der Waals surface area contributed by atoms with Gasteiger partial charge >= 0.3 is 0 Å². The highest BCUT2D eigenvalue weighted by Gasteiger charge is 2.14. The Balaban J connectivity index is 1.56. The first-order valence-corrected chi connectivity index (χ1v) is 9.95. The molecule has 2 N–H and O–H groups in total. The summed E-state index contributed by atoms with van der Waals surface area (Å²) in [5.74, 6) is 0.667. The van der Waals surface area contributed by atoms with Gasteiger partial charge in [0, 0.05) is 17.1 Å². The van der Waals surface area contributed by atoms with E-state index in [4.69, 9.17) is 9.72 Å². The number of carbonyl (C=O) groups excluding carboxylic acids is 1. The van der Waals surface area contributed by atoms with E-state index in [9.17, 15) is 4.79 Å².